The number of hydrogen-bond acceptors (Lipinski definition) is 0. The van der Waals surface area contributed by atoms with Crippen molar-refractivity contribution >= 4 is 30.3 Å². The van der Waals surface area contributed by atoms with Gasteiger partial charge >= 0.3 is 73.3 Å². The van der Waals surface area contributed by atoms with Gasteiger partial charge in [0.2, 0.25) is 0 Å². The molecular weight excluding hydrogens is 312 g/mol. The molecule has 0 amide bonds. The van der Waals surface area contributed by atoms with Crippen molar-refractivity contribution in [3.05, 3.63) is 39.0 Å². The summed E-state index contributed by atoms with van der Waals surface area (Å²) in [5.74, 6) is 0. The summed E-state index contributed by atoms with van der Waals surface area (Å²) in [6, 6.07) is 8.72. The monoisotopic (exact) mass is 321 g/mol. The van der Waals surface area contributed by atoms with Gasteiger partial charge in [0.15, 0.2) is 0 Å². The van der Waals surface area contributed by atoms with Crippen LogP contribution in [0.1, 0.15) is 11.1 Å². The number of hydrogen-bond donors (Lipinski definition) is 0. The van der Waals surface area contributed by atoms with Crippen molar-refractivity contribution in [2.45, 2.75) is 3.98 Å². The predicted molar refractivity (Wildman–Crippen MR) is 44.9 cm³/mol. The molecule has 10 heavy (non-hydrogen) atoms. The predicted octanol–water partition coefficient (Wildman–Crippen LogP) is 1.88. The van der Waals surface area contributed by atoms with E-state index in [0.717, 1.165) is 0 Å². The summed E-state index contributed by atoms with van der Waals surface area (Å²) in [5, 5.41) is 0. The van der Waals surface area contributed by atoms with E-state index in [0.29, 0.717) is 0 Å². The molecule has 1 aromatic carbocycles. The standard InChI is InChI=1S/C9H8.Tl/c1-3-9-7-5-4-6-8(9)2;/h1,3-7H,2H2;. The van der Waals surface area contributed by atoms with E-state index in [2.05, 4.69) is 34.0 Å². The summed E-state index contributed by atoms with van der Waals surface area (Å²) in [4.78, 5) is 0. The Morgan fingerprint density at radius 3 is 3.00 bits per heavy atom. The van der Waals surface area contributed by atoms with E-state index in [1.54, 1.807) is 5.56 Å². The van der Waals surface area contributed by atoms with Gasteiger partial charge in [0, 0.05) is 0 Å². The molecule has 0 bridgehead atoms. The second-order valence-corrected chi connectivity index (χ2v) is 7.41. The van der Waals surface area contributed by atoms with Crippen LogP contribution in [0.2, 0.25) is 0 Å². The average Bonchev–Trinajstić information content (AvgIpc) is 2.05. The Balaban J connectivity index is 2.54. The van der Waals surface area contributed by atoms with Gasteiger partial charge < -0.3 is 0 Å². The topological polar surface area (TPSA) is 0 Å². The Morgan fingerprint density at radius 1 is 1.20 bits per heavy atom. The first-order valence-electron chi connectivity index (χ1n) is 3.54. The molecule has 0 N–H and O–H groups in total. The Hall–Kier alpha value is -0.118. The van der Waals surface area contributed by atoms with Gasteiger partial charge in [-0.25, -0.2) is 0 Å². The van der Waals surface area contributed by atoms with Gasteiger partial charge in [-0.15, -0.1) is 0 Å². The average molecular weight is 321 g/mol. The second-order valence-electron chi connectivity index (χ2n) is 2.50. The van der Waals surface area contributed by atoms with E-state index < -0.39 is 24.2 Å². The van der Waals surface area contributed by atoms with Crippen molar-refractivity contribution in [1.29, 1.82) is 0 Å². The van der Waals surface area contributed by atoms with Crippen LogP contribution >= 0.6 is 0 Å². The Morgan fingerprint density at radius 2 is 2.10 bits per heavy atom. The van der Waals surface area contributed by atoms with E-state index in [4.69, 9.17) is 0 Å². The van der Waals surface area contributed by atoms with E-state index in [1.165, 1.54) is 9.54 Å². The van der Waals surface area contributed by atoms with Gasteiger partial charge in [0.25, 0.3) is 0 Å². The summed E-state index contributed by atoms with van der Waals surface area (Å²) in [7, 11) is 0. The molecule has 0 saturated heterocycles. The zero-order valence-corrected chi connectivity index (χ0v) is 10.2. The fraction of sp³-hybridized carbons (Fsp3) is 0.111. The van der Waals surface area contributed by atoms with E-state index in [1.807, 2.05) is 0 Å². The molecule has 0 fully saturated rings. The van der Waals surface area contributed by atoms with Crippen LogP contribution in [0.25, 0.3) is 6.08 Å². The molecular formula is C9H8Tl. The second kappa shape index (κ2) is 2.86. The van der Waals surface area contributed by atoms with E-state index in [9.17, 15) is 0 Å². The van der Waals surface area contributed by atoms with Crippen LogP contribution < -0.4 is 0 Å². The van der Waals surface area contributed by atoms with Crippen LogP contribution in [0, 0.1) is 0 Å². The molecule has 0 unspecified atom stereocenters. The molecule has 47 valence electrons. The zero-order valence-electron chi connectivity index (χ0n) is 5.75. The van der Waals surface area contributed by atoms with Crippen molar-refractivity contribution in [2.75, 3.05) is 0 Å². The first-order valence-corrected chi connectivity index (χ1v) is 9.31. The summed E-state index contributed by atoms with van der Waals surface area (Å²) in [6.07, 6.45) is 2.30. The molecule has 1 aliphatic heterocycles. The molecule has 0 nitrogen and oxygen atoms in total. The summed E-state index contributed by atoms with van der Waals surface area (Å²) in [5.41, 5.74) is 3.03. The van der Waals surface area contributed by atoms with Crippen molar-refractivity contribution in [3.63, 3.8) is 0 Å². The molecule has 0 saturated carbocycles. The Bertz CT molecular complexity index is 263. The minimum absolute atomic E-state index is 0.424. The molecule has 1 aliphatic rings. The Labute approximate surface area is 73.2 Å². The maximum absolute atomic E-state index is 2.45. The van der Waals surface area contributed by atoms with Crippen molar-refractivity contribution in [2.24, 2.45) is 0 Å². The van der Waals surface area contributed by atoms with Crippen LogP contribution in [0.4, 0.5) is 0 Å². The number of rotatable bonds is 0. The third-order valence-electron chi connectivity index (χ3n) is 1.80. The molecule has 0 aromatic heterocycles. The fourth-order valence-corrected chi connectivity index (χ4v) is 5.55. The summed E-state index contributed by atoms with van der Waals surface area (Å²) < 4.78 is 3.87. The molecule has 0 spiro atoms. The van der Waals surface area contributed by atoms with Crippen molar-refractivity contribution in [1.82, 2.24) is 0 Å². The van der Waals surface area contributed by atoms with Crippen LogP contribution in [0.5, 0.6) is 0 Å². The minimum atomic E-state index is -0.424. The summed E-state index contributed by atoms with van der Waals surface area (Å²) in [6.45, 7) is 0. The molecule has 0 radical (unpaired) electrons. The SMILES string of the molecule is [CH]1=Cc2ccccc2[CH2][Tl]1. The first-order chi connectivity index (χ1) is 4.97. The third-order valence-corrected chi connectivity index (χ3v) is 6.24. The van der Waals surface area contributed by atoms with Crippen LogP contribution in [-0.2, 0) is 3.98 Å². The van der Waals surface area contributed by atoms with E-state index >= 15 is 0 Å². The summed E-state index contributed by atoms with van der Waals surface area (Å²) >= 11 is -0.424. The molecule has 1 aromatic rings. The normalized spacial score (nSPS) is 13.2. The number of benzene rings is 1. The van der Waals surface area contributed by atoms with Gasteiger partial charge in [0.1, 0.15) is 0 Å². The number of fused-ring (bicyclic) bond motifs is 1. The van der Waals surface area contributed by atoms with Crippen LogP contribution in [0.3, 0.4) is 0 Å². The molecule has 1 heterocycles. The van der Waals surface area contributed by atoms with E-state index in [-0.39, 0.29) is 0 Å². The molecule has 2 rings (SSSR count). The quantitative estimate of drug-likeness (QED) is 0.640. The first kappa shape index (κ1) is 6.58. The van der Waals surface area contributed by atoms with Gasteiger partial charge in [-0.1, -0.05) is 0 Å². The van der Waals surface area contributed by atoms with Gasteiger partial charge in [0.05, 0.1) is 0 Å². The van der Waals surface area contributed by atoms with Crippen molar-refractivity contribution in [3.8, 4) is 0 Å². The van der Waals surface area contributed by atoms with Gasteiger partial charge in [-0.3, -0.25) is 0 Å². The van der Waals surface area contributed by atoms with Gasteiger partial charge in [-0.2, -0.15) is 0 Å². The zero-order chi connectivity index (χ0) is 6.81. The molecule has 0 atom stereocenters. The van der Waals surface area contributed by atoms with Crippen molar-refractivity contribution < 1.29 is 0 Å². The fourth-order valence-electron chi connectivity index (χ4n) is 1.25. The van der Waals surface area contributed by atoms with Gasteiger partial charge in [-0.05, 0) is 0 Å². The van der Waals surface area contributed by atoms with Crippen LogP contribution in [0.15, 0.2) is 27.9 Å². The Kier molecular flexibility index (Phi) is 1.89. The third kappa shape index (κ3) is 1.17. The maximum atomic E-state index is 2.45. The van der Waals surface area contributed by atoms with Crippen LogP contribution in [-0.4, -0.2) is 24.2 Å². The molecule has 1 heteroatoms. The molecule has 0 aliphatic carbocycles.